The van der Waals surface area contributed by atoms with E-state index in [0.717, 1.165) is 18.5 Å². The van der Waals surface area contributed by atoms with Crippen LogP contribution in [0.4, 0.5) is 0 Å². The van der Waals surface area contributed by atoms with Crippen LogP contribution in [0.2, 0.25) is 0 Å². The first kappa shape index (κ1) is 15.6. The highest BCUT2D eigenvalue weighted by molar-refractivity contribution is 5.89. The molecule has 2 aromatic heterocycles. The molecule has 1 N–H and O–H groups in total. The molecule has 0 amide bonds. The molecule has 1 fully saturated rings. The molecule has 7 heteroatoms. The van der Waals surface area contributed by atoms with E-state index in [4.69, 9.17) is 4.84 Å². The van der Waals surface area contributed by atoms with Gasteiger partial charge in [-0.25, -0.2) is 14.3 Å². The van der Waals surface area contributed by atoms with Gasteiger partial charge in [0.05, 0.1) is 11.3 Å². The molecule has 0 radical (unpaired) electrons. The molecular formula is C18H18N4O3. The minimum atomic E-state index is -0.343. The molecule has 1 saturated heterocycles. The molecular weight excluding hydrogens is 320 g/mol. The fourth-order valence-corrected chi connectivity index (χ4v) is 3.14. The fraction of sp³-hybridized carbons (Fsp3) is 0.278. The summed E-state index contributed by atoms with van der Waals surface area (Å²) < 4.78 is 1.42. The Balaban J connectivity index is 1.41. The van der Waals surface area contributed by atoms with E-state index >= 15 is 0 Å². The van der Waals surface area contributed by atoms with E-state index in [1.165, 1.54) is 4.52 Å². The smallest absolute Gasteiger partial charge is 0.357 e. The van der Waals surface area contributed by atoms with E-state index in [2.05, 4.69) is 10.1 Å². The molecule has 7 nitrogen and oxygen atoms in total. The van der Waals surface area contributed by atoms with Crippen molar-refractivity contribution in [1.29, 1.82) is 0 Å². The molecule has 128 valence electrons. The van der Waals surface area contributed by atoms with E-state index in [1.807, 2.05) is 18.2 Å². The molecule has 25 heavy (non-hydrogen) atoms. The summed E-state index contributed by atoms with van der Waals surface area (Å²) in [5.41, 5.74) is 1.86. The maximum Gasteiger partial charge on any atom is 0.357 e. The molecule has 4 rings (SSSR count). The summed E-state index contributed by atoms with van der Waals surface area (Å²) in [6.45, 7) is 1.24. The fourth-order valence-electron chi connectivity index (χ4n) is 3.14. The topological polar surface area (TPSA) is 79.7 Å². The number of benzene rings is 1. The highest BCUT2D eigenvalue weighted by Gasteiger charge is 2.25. The van der Waals surface area contributed by atoms with Crippen LogP contribution in [0.25, 0.3) is 5.65 Å². The average Bonchev–Trinajstić information content (AvgIpc) is 3.12. The Morgan fingerprint density at radius 3 is 2.68 bits per heavy atom. The van der Waals surface area contributed by atoms with Crippen molar-refractivity contribution in [3.63, 3.8) is 0 Å². The van der Waals surface area contributed by atoms with Gasteiger partial charge >= 0.3 is 5.97 Å². The van der Waals surface area contributed by atoms with Gasteiger partial charge in [0.25, 0.3) is 5.56 Å². The van der Waals surface area contributed by atoms with Crippen LogP contribution in [0.5, 0.6) is 0 Å². The first-order valence-corrected chi connectivity index (χ1v) is 8.30. The van der Waals surface area contributed by atoms with Gasteiger partial charge in [-0.15, -0.1) is 5.06 Å². The van der Waals surface area contributed by atoms with Crippen molar-refractivity contribution >= 4 is 11.6 Å². The van der Waals surface area contributed by atoms with E-state index < -0.39 is 0 Å². The first-order valence-electron chi connectivity index (χ1n) is 8.30. The van der Waals surface area contributed by atoms with Crippen LogP contribution in [0.3, 0.4) is 0 Å². The standard InChI is InChI=1S/C18H18N4O3/c23-17-12-15(20-16-6-9-19-22(16)17)13-7-10-21(11-8-13)25-18(24)14-4-2-1-3-5-14/h1-6,9,12-13,19H,7-8,10-11H2. The van der Waals surface area contributed by atoms with E-state index in [1.54, 1.807) is 35.5 Å². The van der Waals surface area contributed by atoms with Crippen LogP contribution in [0, 0.1) is 0 Å². The van der Waals surface area contributed by atoms with Crippen molar-refractivity contribution in [3.05, 3.63) is 70.3 Å². The van der Waals surface area contributed by atoms with Crippen molar-refractivity contribution in [2.45, 2.75) is 18.8 Å². The van der Waals surface area contributed by atoms with Crippen LogP contribution in [0.15, 0.2) is 53.5 Å². The van der Waals surface area contributed by atoms with Crippen molar-refractivity contribution < 1.29 is 9.63 Å². The Morgan fingerprint density at radius 2 is 1.92 bits per heavy atom. The monoisotopic (exact) mass is 338 g/mol. The average molecular weight is 338 g/mol. The minimum Gasteiger partial charge on any atom is -0.364 e. The number of aromatic amines is 1. The summed E-state index contributed by atoms with van der Waals surface area (Å²) in [6.07, 6.45) is 3.27. The number of hydrogen-bond donors (Lipinski definition) is 1. The number of nitrogens with zero attached hydrogens (tertiary/aromatic N) is 3. The van der Waals surface area contributed by atoms with Gasteiger partial charge in [-0.1, -0.05) is 18.2 Å². The van der Waals surface area contributed by atoms with Crippen molar-refractivity contribution in [2.75, 3.05) is 13.1 Å². The number of rotatable bonds is 3. The molecule has 0 aliphatic carbocycles. The molecule has 3 heterocycles. The number of carbonyl (C=O) groups is 1. The van der Waals surface area contributed by atoms with Gasteiger partial charge in [-0.3, -0.25) is 9.89 Å². The zero-order chi connectivity index (χ0) is 17.2. The molecule has 1 aliphatic heterocycles. The predicted octanol–water partition coefficient (Wildman–Crippen LogP) is 1.97. The van der Waals surface area contributed by atoms with Crippen LogP contribution in [-0.2, 0) is 4.84 Å². The molecule has 1 aromatic carbocycles. The predicted molar refractivity (Wildman–Crippen MR) is 91.2 cm³/mol. The number of fused-ring (bicyclic) bond motifs is 1. The molecule has 1 aliphatic rings. The SMILES string of the molecule is O=C(ON1CCC(c2cc(=O)n3[nH]ccc3n2)CC1)c1ccccc1. The van der Waals surface area contributed by atoms with Gasteiger partial charge in [0, 0.05) is 37.3 Å². The zero-order valence-corrected chi connectivity index (χ0v) is 13.6. The molecule has 0 spiro atoms. The van der Waals surface area contributed by atoms with Crippen LogP contribution in [-0.4, -0.2) is 38.7 Å². The quantitative estimate of drug-likeness (QED) is 0.790. The lowest BCUT2D eigenvalue weighted by Crippen LogP contribution is -2.35. The second-order valence-corrected chi connectivity index (χ2v) is 6.12. The Labute approximate surface area is 143 Å². The summed E-state index contributed by atoms with van der Waals surface area (Å²) in [5, 5.41) is 4.53. The van der Waals surface area contributed by atoms with Gasteiger partial charge < -0.3 is 4.84 Å². The Bertz CT molecular complexity index is 940. The normalized spacial score (nSPS) is 16.2. The number of H-pyrrole nitrogens is 1. The van der Waals surface area contributed by atoms with Gasteiger partial charge in [0.1, 0.15) is 0 Å². The third-order valence-electron chi connectivity index (χ3n) is 4.49. The molecule has 0 atom stereocenters. The van der Waals surface area contributed by atoms with Crippen LogP contribution >= 0.6 is 0 Å². The second kappa shape index (κ2) is 6.52. The van der Waals surface area contributed by atoms with Gasteiger partial charge in [-0.2, -0.15) is 0 Å². The van der Waals surface area contributed by atoms with E-state index in [0.29, 0.717) is 24.3 Å². The molecule has 0 saturated carbocycles. The number of hydrogen-bond acceptors (Lipinski definition) is 5. The summed E-state index contributed by atoms with van der Waals surface area (Å²) >= 11 is 0. The van der Waals surface area contributed by atoms with Gasteiger partial charge in [0.2, 0.25) is 0 Å². The van der Waals surface area contributed by atoms with Crippen molar-refractivity contribution in [1.82, 2.24) is 19.7 Å². The number of piperidine rings is 1. The second-order valence-electron chi connectivity index (χ2n) is 6.12. The lowest BCUT2D eigenvalue weighted by molar-refractivity contribution is -0.122. The van der Waals surface area contributed by atoms with E-state index in [9.17, 15) is 9.59 Å². The summed E-state index contributed by atoms with van der Waals surface area (Å²) in [6, 6.07) is 12.3. The van der Waals surface area contributed by atoms with Gasteiger partial charge in [-0.05, 0) is 25.0 Å². The number of hydroxylamine groups is 2. The zero-order valence-electron chi connectivity index (χ0n) is 13.6. The maximum absolute atomic E-state index is 12.1. The van der Waals surface area contributed by atoms with Gasteiger partial charge in [0.15, 0.2) is 5.65 Å². The van der Waals surface area contributed by atoms with Crippen molar-refractivity contribution in [3.8, 4) is 0 Å². The lowest BCUT2D eigenvalue weighted by atomic mass is 9.94. The maximum atomic E-state index is 12.1. The Kier molecular flexibility index (Phi) is 4.07. The number of aromatic nitrogens is 3. The Morgan fingerprint density at radius 1 is 1.16 bits per heavy atom. The van der Waals surface area contributed by atoms with Crippen LogP contribution in [0.1, 0.15) is 34.8 Å². The molecule has 3 aromatic rings. The number of carbonyl (C=O) groups excluding carboxylic acids is 1. The number of nitrogens with one attached hydrogen (secondary N) is 1. The summed E-state index contributed by atoms with van der Waals surface area (Å²) in [7, 11) is 0. The molecule has 0 unspecified atom stereocenters. The van der Waals surface area contributed by atoms with Crippen molar-refractivity contribution in [2.24, 2.45) is 0 Å². The molecule has 0 bridgehead atoms. The van der Waals surface area contributed by atoms with Crippen LogP contribution < -0.4 is 5.56 Å². The first-order chi connectivity index (χ1) is 12.2. The highest BCUT2D eigenvalue weighted by Crippen LogP contribution is 2.26. The lowest BCUT2D eigenvalue weighted by Gasteiger charge is -2.30. The highest BCUT2D eigenvalue weighted by atomic mass is 16.7. The third-order valence-corrected chi connectivity index (χ3v) is 4.49. The minimum absolute atomic E-state index is 0.108. The summed E-state index contributed by atoms with van der Waals surface area (Å²) in [4.78, 5) is 34.2. The Hall–Kier alpha value is -2.93. The summed E-state index contributed by atoms with van der Waals surface area (Å²) in [5.74, 6) is -0.150. The largest absolute Gasteiger partial charge is 0.364 e. The third kappa shape index (κ3) is 3.18. The van der Waals surface area contributed by atoms with E-state index in [-0.39, 0.29) is 17.4 Å².